The Morgan fingerprint density at radius 3 is 2.69 bits per heavy atom. The number of carbonyl (C=O) groups is 1. The Labute approximate surface area is 79.1 Å². The van der Waals surface area contributed by atoms with Gasteiger partial charge in [-0.1, -0.05) is 13.3 Å². The molecule has 72 valence electrons. The molecule has 0 spiro atoms. The molecule has 13 heavy (non-hydrogen) atoms. The minimum atomic E-state index is -0.524. The molecule has 0 bridgehead atoms. The molecular formula is C10H16N2O. The standard InChI is InChI=1S/C10H16N2O/c1-8(6-11)9(13)12-7-10(2)4-3-5-10/h8H,3-5,7H2,1-2H3,(H,12,13). The quantitative estimate of drug-likeness (QED) is 0.714. The maximum atomic E-state index is 11.2. The van der Waals surface area contributed by atoms with E-state index >= 15 is 0 Å². The van der Waals surface area contributed by atoms with Crippen LogP contribution >= 0.6 is 0 Å². The lowest BCUT2D eigenvalue weighted by molar-refractivity contribution is -0.123. The Balaban J connectivity index is 2.26. The fourth-order valence-corrected chi connectivity index (χ4v) is 1.47. The van der Waals surface area contributed by atoms with Crippen LogP contribution in [0.3, 0.4) is 0 Å². The molecular weight excluding hydrogens is 164 g/mol. The average molecular weight is 180 g/mol. The van der Waals surface area contributed by atoms with Gasteiger partial charge in [-0.15, -0.1) is 0 Å². The third kappa shape index (κ3) is 2.45. The van der Waals surface area contributed by atoms with E-state index in [9.17, 15) is 4.79 Å². The van der Waals surface area contributed by atoms with Crippen molar-refractivity contribution < 1.29 is 4.79 Å². The summed E-state index contributed by atoms with van der Waals surface area (Å²) in [6, 6.07) is 1.92. The molecule has 3 nitrogen and oxygen atoms in total. The van der Waals surface area contributed by atoms with Crippen molar-refractivity contribution in [3.63, 3.8) is 0 Å². The van der Waals surface area contributed by atoms with Crippen LogP contribution in [-0.2, 0) is 4.79 Å². The molecule has 1 fully saturated rings. The molecule has 0 aromatic rings. The summed E-state index contributed by atoms with van der Waals surface area (Å²) in [4.78, 5) is 11.2. The van der Waals surface area contributed by atoms with Crippen LogP contribution in [0.15, 0.2) is 0 Å². The first-order valence-electron chi connectivity index (χ1n) is 4.75. The Bertz CT molecular complexity index is 238. The summed E-state index contributed by atoms with van der Waals surface area (Å²) in [5.74, 6) is -0.667. The summed E-state index contributed by atoms with van der Waals surface area (Å²) in [5.41, 5.74) is 0.296. The normalized spacial score (nSPS) is 21.0. The highest BCUT2D eigenvalue weighted by Gasteiger charge is 2.32. The van der Waals surface area contributed by atoms with Crippen molar-refractivity contribution in [2.24, 2.45) is 11.3 Å². The molecule has 3 heteroatoms. The lowest BCUT2D eigenvalue weighted by atomic mass is 9.70. The molecule has 0 aromatic carbocycles. The molecule has 1 unspecified atom stereocenters. The second kappa shape index (κ2) is 3.78. The molecule has 1 rings (SSSR count). The Morgan fingerprint density at radius 2 is 2.31 bits per heavy atom. The minimum absolute atomic E-state index is 0.143. The molecule has 1 N–H and O–H groups in total. The van der Waals surface area contributed by atoms with Gasteiger partial charge in [0.15, 0.2) is 0 Å². The number of amides is 1. The number of nitrogens with zero attached hydrogens (tertiary/aromatic N) is 1. The summed E-state index contributed by atoms with van der Waals surface area (Å²) in [7, 11) is 0. The molecule has 0 aromatic heterocycles. The first kappa shape index (κ1) is 10.0. The lowest BCUT2D eigenvalue weighted by Crippen LogP contribution is -2.41. The molecule has 1 aliphatic carbocycles. The van der Waals surface area contributed by atoms with Crippen molar-refractivity contribution in [3.05, 3.63) is 0 Å². The van der Waals surface area contributed by atoms with Gasteiger partial charge in [0, 0.05) is 6.54 Å². The van der Waals surface area contributed by atoms with Crippen LogP contribution in [0.5, 0.6) is 0 Å². The minimum Gasteiger partial charge on any atom is -0.354 e. The van der Waals surface area contributed by atoms with E-state index in [0.29, 0.717) is 5.41 Å². The van der Waals surface area contributed by atoms with Gasteiger partial charge in [0.1, 0.15) is 5.92 Å². The summed E-state index contributed by atoms with van der Waals surface area (Å²) in [6.07, 6.45) is 3.64. The fraction of sp³-hybridized carbons (Fsp3) is 0.800. The van der Waals surface area contributed by atoms with Gasteiger partial charge in [-0.25, -0.2) is 0 Å². The lowest BCUT2D eigenvalue weighted by Gasteiger charge is -2.38. The van der Waals surface area contributed by atoms with Gasteiger partial charge >= 0.3 is 0 Å². The molecule has 1 amide bonds. The van der Waals surface area contributed by atoms with Crippen molar-refractivity contribution in [2.45, 2.75) is 33.1 Å². The van der Waals surface area contributed by atoms with Crippen LogP contribution in [0, 0.1) is 22.7 Å². The predicted molar refractivity (Wildman–Crippen MR) is 49.7 cm³/mol. The van der Waals surface area contributed by atoms with Crippen LogP contribution < -0.4 is 5.32 Å². The highest BCUT2D eigenvalue weighted by atomic mass is 16.1. The van der Waals surface area contributed by atoms with Crippen LogP contribution in [0.25, 0.3) is 0 Å². The summed E-state index contributed by atoms with van der Waals surface area (Å²) < 4.78 is 0. The second-order valence-corrected chi connectivity index (χ2v) is 4.23. The largest absolute Gasteiger partial charge is 0.354 e. The first-order chi connectivity index (χ1) is 6.07. The van der Waals surface area contributed by atoms with Gasteiger partial charge < -0.3 is 5.32 Å². The third-order valence-electron chi connectivity index (χ3n) is 2.84. The van der Waals surface area contributed by atoms with E-state index in [0.717, 1.165) is 6.54 Å². The van der Waals surface area contributed by atoms with E-state index in [1.54, 1.807) is 6.92 Å². The zero-order chi connectivity index (χ0) is 9.90. The fourth-order valence-electron chi connectivity index (χ4n) is 1.47. The average Bonchev–Trinajstić information content (AvgIpc) is 2.09. The van der Waals surface area contributed by atoms with Crippen LogP contribution in [0.4, 0.5) is 0 Å². The summed E-state index contributed by atoms with van der Waals surface area (Å²) >= 11 is 0. The van der Waals surface area contributed by atoms with Crippen molar-refractivity contribution in [2.75, 3.05) is 6.54 Å². The zero-order valence-corrected chi connectivity index (χ0v) is 8.26. The molecule has 1 aliphatic rings. The molecule has 1 saturated carbocycles. The van der Waals surface area contributed by atoms with Crippen molar-refractivity contribution in [3.8, 4) is 6.07 Å². The van der Waals surface area contributed by atoms with Crippen LogP contribution in [0.2, 0.25) is 0 Å². The highest BCUT2D eigenvalue weighted by Crippen LogP contribution is 2.39. The second-order valence-electron chi connectivity index (χ2n) is 4.23. The van der Waals surface area contributed by atoms with Gasteiger partial charge in [-0.05, 0) is 25.2 Å². The Kier molecular flexibility index (Phi) is 2.92. The van der Waals surface area contributed by atoms with Gasteiger partial charge in [0.25, 0.3) is 0 Å². The van der Waals surface area contributed by atoms with Gasteiger partial charge in [-0.2, -0.15) is 5.26 Å². The smallest absolute Gasteiger partial charge is 0.237 e. The van der Waals surface area contributed by atoms with Crippen LogP contribution in [0.1, 0.15) is 33.1 Å². The van der Waals surface area contributed by atoms with Gasteiger partial charge in [0.05, 0.1) is 6.07 Å². The van der Waals surface area contributed by atoms with E-state index in [4.69, 9.17) is 5.26 Å². The number of carbonyl (C=O) groups excluding carboxylic acids is 1. The number of rotatable bonds is 3. The van der Waals surface area contributed by atoms with E-state index in [1.165, 1.54) is 19.3 Å². The maximum absolute atomic E-state index is 11.2. The van der Waals surface area contributed by atoms with Crippen molar-refractivity contribution >= 4 is 5.91 Å². The number of hydrogen-bond acceptors (Lipinski definition) is 2. The number of nitrogens with one attached hydrogen (secondary N) is 1. The molecule has 0 radical (unpaired) electrons. The van der Waals surface area contributed by atoms with Gasteiger partial charge in [0.2, 0.25) is 5.91 Å². The molecule has 1 atom stereocenters. The predicted octanol–water partition coefficient (Wildman–Crippen LogP) is 1.45. The third-order valence-corrected chi connectivity index (χ3v) is 2.84. The van der Waals surface area contributed by atoms with E-state index in [1.807, 2.05) is 6.07 Å². The van der Waals surface area contributed by atoms with E-state index in [2.05, 4.69) is 12.2 Å². The van der Waals surface area contributed by atoms with E-state index in [-0.39, 0.29) is 5.91 Å². The SMILES string of the molecule is CC(C#N)C(=O)NCC1(C)CCC1. The maximum Gasteiger partial charge on any atom is 0.237 e. The Hall–Kier alpha value is -1.04. The van der Waals surface area contributed by atoms with Crippen molar-refractivity contribution in [1.82, 2.24) is 5.32 Å². The van der Waals surface area contributed by atoms with Gasteiger partial charge in [-0.3, -0.25) is 4.79 Å². The van der Waals surface area contributed by atoms with E-state index < -0.39 is 5.92 Å². The topological polar surface area (TPSA) is 52.9 Å². The number of nitriles is 1. The summed E-state index contributed by atoms with van der Waals surface area (Å²) in [6.45, 7) is 4.52. The highest BCUT2D eigenvalue weighted by molar-refractivity contribution is 5.80. The Morgan fingerprint density at radius 1 is 1.69 bits per heavy atom. The molecule has 0 saturated heterocycles. The number of hydrogen-bond donors (Lipinski definition) is 1. The molecule has 0 heterocycles. The zero-order valence-electron chi connectivity index (χ0n) is 8.26. The molecule has 0 aliphatic heterocycles. The monoisotopic (exact) mass is 180 g/mol. The van der Waals surface area contributed by atoms with Crippen molar-refractivity contribution in [1.29, 1.82) is 5.26 Å². The van der Waals surface area contributed by atoms with Crippen LogP contribution in [-0.4, -0.2) is 12.5 Å². The summed E-state index contributed by atoms with van der Waals surface area (Å²) in [5, 5.41) is 11.3. The first-order valence-corrected chi connectivity index (χ1v) is 4.75.